The lowest BCUT2D eigenvalue weighted by Crippen LogP contribution is -2.39. The average molecular weight is 420 g/mol. The van der Waals surface area contributed by atoms with Crippen LogP contribution in [0.15, 0.2) is 45.6 Å². The van der Waals surface area contributed by atoms with Crippen LogP contribution in [0.5, 0.6) is 0 Å². The number of hydrogen-bond donors (Lipinski definition) is 2. The number of carbonyl (C=O) groups excluding carboxylic acids is 1. The second-order valence-electron chi connectivity index (χ2n) is 6.72. The fourth-order valence-electron chi connectivity index (χ4n) is 2.15. The van der Waals surface area contributed by atoms with Gasteiger partial charge in [0.1, 0.15) is 11.6 Å². The second kappa shape index (κ2) is 11.7. The first kappa shape index (κ1) is 22.2. The van der Waals surface area contributed by atoms with Crippen LogP contribution >= 0.6 is 23.1 Å². The number of likely N-dealkylation sites (N-methyl/N-ethyl adjacent to an activating group) is 1. The van der Waals surface area contributed by atoms with E-state index in [1.54, 1.807) is 42.1 Å². The van der Waals surface area contributed by atoms with Crippen LogP contribution in [0.4, 0.5) is 0 Å². The molecule has 1 aromatic carbocycles. The third-order valence-corrected chi connectivity index (χ3v) is 5.73. The lowest BCUT2D eigenvalue weighted by atomic mass is 10.2. The van der Waals surface area contributed by atoms with E-state index in [4.69, 9.17) is 0 Å². The number of thioether (sulfide) groups is 1. The largest absolute Gasteiger partial charge is 0.356 e. The van der Waals surface area contributed by atoms with Gasteiger partial charge in [0.25, 0.3) is 0 Å². The standard InChI is InChI=1S/C20H29N5OS2/c1-15(2)17-14-28-18(24-17)12-22-20(23-13-19(26)25(3)4)21-10-11-27-16-8-6-5-7-9-16/h5-9,14-15H,10-13H2,1-4H3,(H2,21,22,23). The molecule has 2 aromatic rings. The Labute approximate surface area is 175 Å². The summed E-state index contributed by atoms with van der Waals surface area (Å²) in [5.74, 6) is 1.92. The molecule has 28 heavy (non-hydrogen) atoms. The van der Waals surface area contributed by atoms with Gasteiger partial charge >= 0.3 is 0 Å². The van der Waals surface area contributed by atoms with Gasteiger partial charge in [-0.25, -0.2) is 9.98 Å². The average Bonchev–Trinajstić information content (AvgIpc) is 3.16. The van der Waals surface area contributed by atoms with Crippen molar-refractivity contribution in [3.05, 3.63) is 46.4 Å². The maximum Gasteiger partial charge on any atom is 0.243 e. The fourth-order valence-corrected chi connectivity index (χ4v) is 3.83. The zero-order valence-electron chi connectivity index (χ0n) is 16.9. The molecule has 0 unspecified atom stereocenters. The van der Waals surface area contributed by atoms with Crippen LogP contribution in [0.1, 0.15) is 30.5 Å². The molecule has 1 amide bonds. The fraction of sp³-hybridized carbons (Fsp3) is 0.450. The highest BCUT2D eigenvalue weighted by Gasteiger charge is 2.08. The van der Waals surface area contributed by atoms with Gasteiger partial charge in [-0.1, -0.05) is 32.0 Å². The summed E-state index contributed by atoms with van der Waals surface area (Å²) < 4.78 is 0. The molecular formula is C20H29N5OS2. The molecular weight excluding hydrogens is 390 g/mol. The van der Waals surface area contributed by atoms with Gasteiger partial charge < -0.3 is 15.5 Å². The molecule has 0 radical (unpaired) electrons. The van der Waals surface area contributed by atoms with E-state index in [0.717, 1.165) is 23.0 Å². The SMILES string of the molecule is CC(C)c1csc(CNC(=NCC(=O)N(C)C)NCCSc2ccccc2)n1. The molecule has 0 spiro atoms. The van der Waals surface area contributed by atoms with Crippen molar-refractivity contribution in [1.29, 1.82) is 0 Å². The first-order chi connectivity index (χ1) is 13.5. The molecule has 0 saturated heterocycles. The highest BCUT2D eigenvalue weighted by molar-refractivity contribution is 7.99. The van der Waals surface area contributed by atoms with Crippen molar-refractivity contribution >= 4 is 35.0 Å². The number of rotatable bonds is 9. The molecule has 0 atom stereocenters. The van der Waals surface area contributed by atoms with Crippen LogP contribution in [0, 0.1) is 0 Å². The van der Waals surface area contributed by atoms with Crippen molar-refractivity contribution < 1.29 is 4.79 Å². The lowest BCUT2D eigenvalue weighted by molar-refractivity contribution is -0.127. The maximum absolute atomic E-state index is 11.9. The third-order valence-electron chi connectivity index (χ3n) is 3.85. The number of hydrogen-bond acceptors (Lipinski definition) is 5. The Morgan fingerprint density at radius 1 is 1.25 bits per heavy atom. The molecule has 0 aliphatic carbocycles. The van der Waals surface area contributed by atoms with Gasteiger partial charge in [0, 0.05) is 36.7 Å². The summed E-state index contributed by atoms with van der Waals surface area (Å²) in [5.41, 5.74) is 1.11. The molecule has 0 aliphatic heterocycles. The highest BCUT2D eigenvalue weighted by Crippen LogP contribution is 2.17. The molecule has 152 valence electrons. The van der Waals surface area contributed by atoms with Crippen molar-refractivity contribution in [3.8, 4) is 0 Å². The Bertz CT molecular complexity index is 759. The van der Waals surface area contributed by atoms with Crippen LogP contribution in [-0.2, 0) is 11.3 Å². The molecule has 2 N–H and O–H groups in total. The topological polar surface area (TPSA) is 69.6 Å². The molecule has 0 fully saturated rings. The van der Waals surface area contributed by atoms with Crippen LogP contribution in [-0.4, -0.2) is 54.7 Å². The number of nitrogens with one attached hydrogen (secondary N) is 2. The van der Waals surface area contributed by atoms with Crippen LogP contribution in [0.25, 0.3) is 0 Å². The van der Waals surface area contributed by atoms with E-state index in [1.165, 1.54) is 4.90 Å². The highest BCUT2D eigenvalue weighted by atomic mass is 32.2. The van der Waals surface area contributed by atoms with Crippen molar-refractivity contribution in [2.24, 2.45) is 4.99 Å². The van der Waals surface area contributed by atoms with E-state index in [0.29, 0.717) is 18.4 Å². The first-order valence-corrected chi connectivity index (χ1v) is 11.2. The minimum atomic E-state index is -0.0314. The third kappa shape index (κ3) is 7.90. The molecule has 0 saturated carbocycles. The van der Waals surface area contributed by atoms with E-state index in [1.807, 2.05) is 18.2 Å². The van der Waals surface area contributed by atoms with Crippen molar-refractivity contribution in [2.45, 2.75) is 31.2 Å². The van der Waals surface area contributed by atoms with E-state index < -0.39 is 0 Å². The smallest absolute Gasteiger partial charge is 0.243 e. The minimum absolute atomic E-state index is 0.0314. The van der Waals surface area contributed by atoms with Gasteiger partial charge in [-0.2, -0.15) is 0 Å². The number of nitrogens with zero attached hydrogens (tertiary/aromatic N) is 3. The van der Waals surface area contributed by atoms with Gasteiger partial charge in [-0.15, -0.1) is 23.1 Å². The molecule has 0 aliphatic rings. The predicted octanol–water partition coefficient (Wildman–Crippen LogP) is 3.18. The summed E-state index contributed by atoms with van der Waals surface area (Å²) >= 11 is 3.42. The Hall–Kier alpha value is -2.06. The van der Waals surface area contributed by atoms with Gasteiger partial charge in [0.15, 0.2) is 5.96 Å². The van der Waals surface area contributed by atoms with Crippen molar-refractivity contribution in [1.82, 2.24) is 20.5 Å². The maximum atomic E-state index is 11.9. The molecule has 1 heterocycles. The zero-order chi connectivity index (χ0) is 20.4. The number of benzene rings is 1. The number of aromatic nitrogens is 1. The molecule has 0 bridgehead atoms. The Morgan fingerprint density at radius 3 is 2.64 bits per heavy atom. The zero-order valence-corrected chi connectivity index (χ0v) is 18.6. The first-order valence-electron chi connectivity index (χ1n) is 9.30. The van der Waals surface area contributed by atoms with Gasteiger partial charge in [0.05, 0.1) is 12.2 Å². The summed E-state index contributed by atoms with van der Waals surface area (Å²) in [6, 6.07) is 10.3. The normalized spacial score (nSPS) is 11.5. The molecule has 8 heteroatoms. The Balaban J connectivity index is 1.88. The number of thiazole rings is 1. The summed E-state index contributed by atoms with van der Waals surface area (Å²) in [6.07, 6.45) is 0. The number of amides is 1. The number of carbonyl (C=O) groups is 1. The van der Waals surface area contributed by atoms with Crippen LogP contribution in [0.3, 0.4) is 0 Å². The van der Waals surface area contributed by atoms with Gasteiger partial charge in [-0.05, 0) is 18.1 Å². The molecule has 2 rings (SSSR count). The lowest BCUT2D eigenvalue weighted by Gasteiger charge is -2.13. The van der Waals surface area contributed by atoms with E-state index in [2.05, 4.69) is 52.0 Å². The number of aliphatic imine (C=N–C) groups is 1. The van der Waals surface area contributed by atoms with E-state index in [-0.39, 0.29) is 12.5 Å². The monoisotopic (exact) mass is 419 g/mol. The minimum Gasteiger partial charge on any atom is -0.356 e. The van der Waals surface area contributed by atoms with Gasteiger partial charge in [0.2, 0.25) is 5.91 Å². The van der Waals surface area contributed by atoms with Gasteiger partial charge in [-0.3, -0.25) is 4.79 Å². The summed E-state index contributed by atoms with van der Waals surface area (Å²) in [6.45, 7) is 5.72. The van der Waals surface area contributed by atoms with Crippen molar-refractivity contribution in [2.75, 3.05) is 32.9 Å². The predicted molar refractivity (Wildman–Crippen MR) is 119 cm³/mol. The quantitative estimate of drug-likeness (QED) is 0.283. The number of guanidine groups is 1. The van der Waals surface area contributed by atoms with Crippen LogP contribution < -0.4 is 10.6 Å². The summed E-state index contributed by atoms with van der Waals surface area (Å²) in [4.78, 5) is 23.7. The Morgan fingerprint density at radius 2 is 2.00 bits per heavy atom. The second-order valence-corrected chi connectivity index (χ2v) is 8.83. The van der Waals surface area contributed by atoms with E-state index >= 15 is 0 Å². The van der Waals surface area contributed by atoms with Crippen molar-refractivity contribution in [3.63, 3.8) is 0 Å². The summed E-state index contributed by atoms with van der Waals surface area (Å²) in [5, 5.41) is 9.70. The molecule has 1 aromatic heterocycles. The van der Waals surface area contributed by atoms with Crippen LogP contribution in [0.2, 0.25) is 0 Å². The van der Waals surface area contributed by atoms with E-state index in [9.17, 15) is 4.79 Å². The summed E-state index contributed by atoms with van der Waals surface area (Å²) in [7, 11) is 3.47. The molecule has 6 nitrogen and oxygen atoms in total. The Kier molecular flexibility index (Phi) is 9.30.